The molecule has 0 saturated carbocycles. The van der Waals surface area contributed by atoms with Crippen LogP contribution in [0.5, 0.6) is 0 Å². The Morgan fingerprint density at radius 2 is 1.73 bits per heavy atom. The minimum atomic E-state index is 0.0178. The third kappa shape index (κ3) is 3.50. The summed E-state index contributed by atoms with van der Waals surface area (Å²) >= 11 is 0. The molecule has 0 saturated heterocycles. The predicted octanol–water partition coefficient (Wildman–Crippen LogP) is 6.61. The number of fused-ring (bicyclic) bond motifs is 1. The molecule has 1 nitrogen and oxygen atoms in total. The first kappa shape index (κ1) is 18.9. The van der Waals surface area contributed by atoms with Crippen LogP contribution in [-0.2, 0) is 15.6 Å². The van der Waals surface area contributed by atoms with Crippen molar-refractivity contribution in [3.8, 4) is 0 Å². The second kappa shape index (κ2) is 7.04. The van der Waals surface area contributed by atoms with E-state index in [4.69, 9.17) is 4.74 Å². The maximum Gasteiger partial charge on any atom is 0.0674 e. The zero-order valence-corrected chi connectivity index (χ0v) is 17.1. The van der Waals surface area contributed by atoms with Gasteiger partial charge in [0.25, 0.3) is 0 Å². The molecule has 0 heterocycles. The maximum atomic E-state index is 6.17. The van der Waals surface area contributed by atoms with E-state index < -0.39 is 0 Å². The van der Waals surface area contributed by atoms with Gasteiger partial charge < -0.3 is 4.74 Å². The molecule has 26 heavy (non-hydrogen) atoms. The van der Waals surface area contributed by atoms with Gasteiger partial charge in [0.1, 0.15) is 0 Å². The van der Waals surface area contributed by atoms with Crippen molar-refractivity contribution in [1.29, 1.82) is 0 Å². The number of rotatable bonds is 4. The maximum absolute atomic E-state index is 6.17. The van der Waals surface area contributed by atoms with E-state index in [1.807, 2.05) is 0 Å². The van der Waals surface area contributed by atoms with Crippen LogP contribution in [0.2, 0.25) is 0 Å². The standard InChI is InChI=1S/C25H32O/c1-7-26-23-17-24(3,4)21-14-13-20(16-22(21)25(23,5)6)18(2)15-19-11-9-8-10-12-19/h8-16,23H,7,17H2,1-6H3/b18-15+. The molecule has 0 fully saturated rings. The van der Waals surface area contributed by atoms with Crippen LogP contribution in [0.15, 0.2) is 48.5 Å². The Balaban J connectivity index is 2.06. The van der Waals surface area contributed by atoms with E-state index >= 15 is 0 Å². The SMILES string of the molecule is CCOC1CC(C)(C)c2ccc(/C(C)=C/c3ccccc3)cc2C1(C)C. The number of ether oxygens (including phenoxy) is 1. The Morgan fingerprint density at radius 3 is 2.38 bits per heavy atom. The zero-order chi connectivity index (χ0) is 18.9. The monoisotopic (exact) mass is 348 g/mol. The lowest BCUT2D eigenvalue weighted by molar-refractivity contribution is -0.0125. The molecule has 1 unspecified atom stereocenters. The summed E-state index contributed by atoms with van der Waals surface area (Å²) in [4.78, 5) is 0. The predicted molar refractivity (Wildman–Crippen MR) is 113 cm³/mol. The Labute approximate surface area is 159 Å². The minimum Gasteiger partial charge on any atom is -0.378 e. The number of allylic oxidation sites excluding steroid dienone is 1. The lowest BCUT2D eigenvalue weighted by Gasteiger charge is -2.47. The molecule has 138 valence electrons. The van der Waals surface area contributed by atoms with Crippen molar-refractivity contribution in [2.75, 3.05) is 6.61 Å². The van der Waals surface area contributed by atoms with Crippen LogP contribution < -0.4 is 0 Å². The molecule has 0 aliphatic heterocycles. The average molecular weight is 349 g/mol. The second-order valence-electron chi connectivity index (χ2n) is 8.75. The van der Waals surface area contributed by atoms with Crippen molar-refractivity contribution in [1.82, 2.24) is 0 Å². The van der Waals surface area contributed by atoms with Crippen LogP contribution in [0.3, 0.4) is 0 Å². The fourth-order valence-corrected chi connectivity index (χ4v) is 4.27. The first-order valence-corrected chi connectivity index (χ1v) is 9.76. The largest absolute Gasteiger partial charge is 0.378 e. The summed E-state index contributed by atoms with van der Waals surface area (Å²) in [6, 6.07) is 17.6. The first-order valence-electron chi connectivity index (χ1n) is 9.76. The van der Waals surface area contributed by atoms with Gasteiger partial charge in [-0.1, -0.05) is 82.3 Å². The van der Waals surface area contributed by atoms with E-state index in [1.165, 1.54) is 27.8 Å². The highest BCUT2D eigenvalue weighted by Crippen LogP contribution is 2.47. The minimum absolute atomic E-state index is 0.0178. The second-order valence-corrected chi connectivity index (χ2v) is 8.75. The Morgan fingerprint density at radius 1 is 1.04 bits per heavy atom. The van der Waals surface area contributed by atoms with E-state index in [-0.39, 0.29) is 16.9 Å². The van der Waals surface area contributed by atoms with E-state index in [0.29, 0.717) is 0 Å². The molecule has 0 spiro atoms. The van der Waals surface area contributed by atoms with E-state index in [1.54, 1.807) is 0 Å². The number of hydrogen-bond acceptors (Lipinski definition) is 1. The molecule has 1 aliphatic carbocycles. The van der Waals surface area contributed by atoms with E-state index in [2.05, 4.69) is 96.1 Å². The lowest BCUT2D eigenvalue weighted by Crippen LogP contribution is -2.46. The molecule has 1 aliphatic rings. The van der Waals surface area contributed by atoms with Gasteiger partial charge in [-0.25, -0.2) is 0 Å². The summed E-state index contributed by atoms with van der Waals surface area (Å²) in [6.07, 6.45) is 3.59. The van der Waals surface area contributed by atoms with Gasteiger partial charge in [-0.2, -0.15) is 0 Å². The molecule has 0 amide bonds. The third-order valence-corrected chi connectivity index (χ3v) is 5.95. The van der Waals surface area contributed by atoms with Crippen LogP contribution in [0.1, 0.15) is 70.2 Å². The Kier molecular flexibility index (Phi) is 5.12. The van der Waals surface area contributed by atoms with Gasteiger partial charge in [-0.15, -0.1) is 0 Å². The van der Waals surface area contributed by atoms with E-state index in [9.17, 15) is 0 Å². The fraction of sp³-hybridized carbons (Fsp3) is 0.440. The molecular weight excluding hydrogens is 316 g/mol. The quantitative estimate of drug-likeness (QED) is 0.565. The van der Waals surface area contributed by atoms with Gasteiger partial charge in [0, 0.05) is 12.0 Å². The van der Waals surface area contributed by atoms with Crippen molar-refractivity contribution in [2.24, 2.45) is 0 Å². The van der Waals surface area contributed by atoms with Crippen LogP contribution in [0.4, 0.5) is 0 Å². The van der Waals surface area contributed by atoms with Crippen LogP contribution >= 0.6 is 0 Å². The average Bonchev–Trinajstić information content (AvgIpc) is 2.60. The third-order valence-electron chi connectivity index (χ3n) is 5.95. The molecule has 3 rings (SSSR count). The molecular formula is C25H32O. The van der Waals surface area contributed by atoms with Crippen LogP contribution in [-0.4, -0.2) is 12.7 Å². The topological polar surface area (TPSA) is 9.23 Å². The summed E-state index contributed by atoms with van der Waals surface area (Å²) in [5.74, 6) is 0. The summed E-state index contributed by atoms with van der Waals surface area (Å²) in [7, 11) is 0. The molecule has 1 heteroatoms. The highest BCUT2D eigenvalue weighted by atomic mass is 16.5. The summed E-state index contributed by atoms with van der Waals surface area (Å²) in [6.45, 7) is 14.4. The lowest BCUT2D eigenvalue weighted by atomic mass is 9.61. The highest BCUT2D eigenvalue weighted by molar-refractivity contribution is 5.80. The van der Waals surface area contributed by atoms with Gasteiger partial charge in [-0.3, -0.25) is 0 Å². The number of hydrogen-bond donors (Lipinski definition) is 0. The van der Waals surface area contributed by atoms with Crippen molar-refractivity contribution >= 4 is 11.6 Å². The highest BCUT2D eigenvalue weighted by Gasteiger charge is 2.44. The summed E-state index contributed by atoms with van der Waals surface area (Å²) < 4.78 is 6.17. The van der Waals surface area contributed by atoms with Crippen LogP contribution in [0.25, 0.3) is 11.6 Å². The normalized spacial score (nSPS) is 21.3. The molecule has 0 N–H and O–H groups in total. The van der Waals surface area contributed by atoms with Gasteiger partial charge in [0.15, 0.2) is 0 Å². The smallest absolute Gasteiger partial charge is 0.0674 e. The summed E-state index contributed by atoms with van der Waals surface area (Å²) in [5.41, 5.74) is 6.90. The Hall–Kier alpha value is -1.86. The Bertz CT molecular complexity index is 796. The summed E-state index contributed by atoms with van der Waals surface area (Å²) in [5, 5.41) is 0. The first-order chi connectivity index (χ1) is 12.3. The van der Waals surface area contributed by atoms with Gasteiger partial charge in [0.2, 0.25) is 0 Å². The molecule has 1 atom stereocenters. The molecule has 2 aromatic carbocycles. The van der Waals surface area contributed by atoms with Crippen molar-refractivity contribution in [2.45, 2.75) is 64.9 Å². The molecule has 0 aromatic heterocycles. The number of benzene rings is 2. The van der Waals surface area contributed by atoms with Crippen molar-refractivity contribution in [3.63, 3.8) is 0 Å². The van der Waals surface area contributed by atoms with Gasteiger partial charge >= 0.3 is 0 Å². The molecule has 0 bridgehead atoms. The van der Waals surface area contributed by atoms with Crippen molar-refractivity contribution < 1.29 is 4.74 Å². The fourth-order valence-electron chi connectivity index (χ4n) is 4.27. The van der Waals surface area contributed by atoms with Gasteiger partial charge in [-0.05, 0) is 53.5 Å². The zero-order valence-electron chi connectivity index (χ0n) is 17.1. The van der Waals surface area contributed by atoms with Crippen LogP contribution in [0, 0.1) is 0 Å². The van der Waals surface area contributed by atoms with Crippen molar-refractivity contribution in [3.05, 3.63) is 70.8 Å². The molecule has 0 radical (unpaired) electrons. The van der Waals surface area contributed by atoms with Gasteiger partial charge in [0.05, 0.1) is 6.10 Å². The van der Waals surface area contributed by atoms with E-state index in [0.717, 1.165) is 13.0 Å². The molecule has 2 aromatic rings.